The summed E-state index contributed by atoms with van der Waals surface area (Å²) < 4.78 is 27.6. The minimum absolute atomic E-state index is 0.218. The van der Waals surface area contributed by atoms with Crippen molar-refractivity contribution in [2.75, 3.05) is 13.1 Å². The predicted octanol–water partition coefficient (Wildman–Crippen LogP) is 1.72. The summed E-state index contributed by atoms with van der Waals surface area (Å²) in [5, 5.41) is 2.70. The molecule has 19 heavy (non-hydrogen) atoms. The molecule has 1 N–H and O–H groups in total. The van der Waals surface area contributed by atoms with Gasteiger partial charge in [0.15, 0.2) is 0 Å². The zero-order valence-electron chi connectivity index (χ0n) is 10.6. The van der Waals surface area contributed by atoms with E-state index >= 15 is 0 Å². The van der Waals surface area contributed by atoms with Crippen LogP contribution in [0.2, 0.25) is 0 Å². The van der Waals surface area contributed by atoms with Gasteiger partial charge >= 0.3 is 0 Å². The number of rotatable bonds is 3. The molecule has 106 valence electrons. The molecule has 1 aromatic rings. The summed E-state index contributed by atoms with van der Waals surface area (Å²) in [7, 11) is -3.60. The lowest BCUT2D eigenvalue weighted by molar-refractivity contribution is -0.126. The standard InChI is InChI=1S/C11H15BrN2O3S2/c1-3-8-11(15)13-4-5-14(8)19(16,17)9-6-7(2)10(12)18-9/h6,8H,3-5H2,1-2H3,(H,13,15). The van der Waals surface area contributed by atoms with E-state index in [0.29, 0.717) is 19.5 Å². The van der Waals surface area contributed by atoms with Crippen LogP contribution in [0.1, 0.15) is 18.9 Å². The van der Waals surface area contributed by atoms with Crippen LogP contribution in [0.5, 0.6) is 0 Å². The maximum atomic E-state index is 12.6. The van der Waals surface area contributed by atoms with Crippen LogP contribution in [0.3, 0.4) is 0 Å². The number of nitrogens with zero attached hydrogens (tertiary/aromatic N) is 1. The van der Waals surface area contributed by atoms with Crippen molar-refractivity contribution in [3.63, 3.8) is 0 Å². The molecule has 0 aromatic carbocycles. The lowest BCUT2D eigenvalue weighted by Crippen LogP contribution is -2.56. The summed E-state index contributed by atoms with van der Waals surface area (Å²) in [6.07, 6.45) is 0.469. The van der Waals surface area contributed by atoms with Gasteiger partial charge in [0, 0.05) is 13.1 Å². The van der Waals surface area contributed by atoms with E-state index in [0.717, 1.165) is 9.35 Å². The Labute approximate surface area is 125 Å². The molecule has 1 fully saturated rings. The first kappa shape index (κ1) is 15.0. The third-order valence-electron chi connectivity index (χ3n) is 3.07. The van der Waals surface area contributed by atoms with E-state index in [9.17, 15) is 13.2 Å². The number of sulfonamides is 1. The van der Waals surface area contributed by atoms with Crippen molar-refractivity contribution < 1.29 is 13.2 Å². The van der Waals surface area contributed by atoms with Crippen LogP contribution in [0.4, 0.5) is 0 Å². The molecule has 1 aliphatic heterocycles. The predicted molar refractivity (Wildman–Crippen MR) is 77.7 cm³/mol. The summed E-state index contributed by atoms with van der Waals surface area (Å²) in [6.45, 7) is 4.34. The van der Waals surface area contributed by atoms with Crippen LogP contribution in [-0.2, 0) is 14.8 Å². The smallest absolute Gasteiger partial charge is 0.253 e. The fraction of sp³-hybridized carbons (Fsp3) is 0.545. The van der Waals surface area contributed by atoms with Gasteiger partial charge in [-0.3, -0.25) is 4.79 Å². The van der Waals surface area contributed by atoms with Crippen molar-refractivity contribution in [2.24, 2.45) is 0 Å². The third-order valence-corrected chi connectivity index (χ3v) is 7.56. The molecule has 5 nitrogen and oxygen atoms in total. The van der Waals surface area contributed by atoms with Gasteiger partial charge < -0.3 is 5.32 Å². The van der Waals surface area contributed by atoms with Gasteiger partial charge in [0.25, 0.3) is 10.0 Å². The van der Waals surface area contributed by atoms with Gasteiger partial charge in [-0.1, -0.05) is 6.92 Å². The van der Waals surface area contributed by atoms with Gasteiger partial charge in [-0.25, -0.2) is 8.42 Å². The fourth-order valence-corrected chi connectivity index (χ4v) is 6.06. The topological polar surface area (TPSA) is 66.5 Å². The highest BCUT2D eigenvalue weighted by Crippen LogP contribution is 2.33. The van der Waals surface area contributed by atoms with Crippen LogP contribution in [0, 0.1) is 6.92 Å². The Morgan fingerprint density at radius 3 is 2.79 bits per heavy atom. The Morgan fingerprint density at radius 2 is 2.26 bits per heavy atom. The number of aryl methyl sites for hydroxylation is 1. The normalized spacial score (nSPS) is 21.4. The van der Waals surface area contributed by atoms with Crippen LogP contribution < -0.4 is 5.32 Å². The molecule has 0 bridgehead atoms. The van der Waals surface area contributed by atoms with Gasteiger partial charge in [0.05, 0.1) is 3.79 Å². The van der Waals surface area contributed by atoms with Gasteiger partial charge in [0.1, 0.15) is 10.3 Å². The molecule has 8 heteroatoms. The highest BCUT2D eigenvalue weighted by Gasteiger charge is 2.38. The van der Waals surface area contributed by atoms with E-state index in [-0.39, 0.29) is 10.1 Å². The first-order chi connectivity index (χ1) is 8.87. The molecule has 0 aliphatic carbocycles. The zero-order chi connectivity index (χ0) is 14.2. The lowest BCUT2D eigenvalue weighted by Gasteiger charge is -2.32. The molecular weight excluding hydrogens is 352 g/mol. The van der Waals surface area contributed by atoms with E-state index in [2.05, 4.69) is 21.2 Å². The number of hydrogen-bond donors (Lipinski definition) is 1. The maximum Gasteiger partial charge on any atom is 0.253 e. The van der Waals surface area contributed by atoms with Crippen molar-refractivity contribution in [1.82, 2.24) is 9.62 Å². The van der Waals surface area contributed by atoms with E-state index in [4.69, 9.17) is 0 Å². The quantitative estimate of drug-likeness (QED) is 0.885. The third kappa shape index (κ3) is 2.72. The number of hydrogen-bond acceptors (Lipinski definition) is 4. The Balaban J connectivity index is 2.40. The van der Waals surface area contributed by atoms with Crippen LogP contribution in [-0.4, -0.2) is 37.8 Å². The van der Waals surface area contributed by atoms with Gasteiger partial charge in [-0.05, 0) is 40.9 Å². The van der Waals surface area contributed by atoms with Crippen LogP contribution >= 0.6 is 27.3 Å². The van der Waals surface area contributed by atoms with E-state index in [1.807, 2.05) is 13.8 Å². The number of nitrogens with one attached hydrogen (secondary N) is 1. The highest BCUT2D eigenvalue weighted by molar-refractivity contribution is 9.11. The SMILES string of the molecule is CCC1C(=O)NCCN1S(=O)(=O)c1cc(C)c(Br)s1. The summed E-state index contributed by atoms with van der Waals surface area (Å²) >= 11 is 4.52. The molecule has 2 heterocycles. The number of halogens is 1. The maximum absolute atomic E-state index is 12.6. The molecule has 1 aliphatic rings. The van der Waals surface area contributed by atoms with Gasteiger partial charge in [-0.15, -0.1) is 11.3 Å². The molecule has 1 amide bonds. The second-order valence-corrected chi connectivity index (χ2v) is 8.84. The molecule has 1 atom stereocenters. The number of amides is 1. The first-order valence-electron chi connectivity index (χ1n) is 5.93. The first-order valence-corrected chi connectivity index (χ1v) is 8.98. The van der Waals surface area contributed by atoms with Gasteiger partial charge in [0.2, 0.25) is 5.91 Å². The fourth-order valence-electron chi connectivity index (χ4n) is 2.04. The Morgan fingerprint density at radius 1 is 1.58 bits per heavy atom. The molecule has 0 spiro atoms. The van der Waals surface area contributed by atoms with E-state index in [1.165, 1.54) is 15.6 Å². The van der Waals surface area contributed by atoms with E-state index in [1.54, 1.807) is 6.07 Å². The molecule has 1 saturated heterocycles. The van der Waals surface area contributed by atoms with Crippen molar-refractivity contribution >= 4 is 43.2 Å². The Hall–Kier alpha value is -0.440. The largest absolute Gasteiger partial charge is 0.353 e. The molecule has 2 rings (SSSR count). The van der Waals surface area contributed by atoms with Crippen LogP contribution in [0.15, 0.2) is 14.1 Å². The summed E-state index contributed by atoms with van der Waals surface area (Å²) in [5.74, 6) is -0.218. The lowest BCUT2D eigenvalue weighted by atomic mass is 10.2. The number of piperazine rings is 1. The molecule has 1 unspecified atom stereocenters. The second-order valence-electron chi connectivity index (χ2n) is 4.35. The highest BCUT2D eigenvalue weighted by atomic mass is 79.9. The molecule has 0 radical (unpaired) electrons. The van der Waals surface area contributed by atoms with E-state index < -0.39 is 16.1 Å². The van der Waals surface area contributed by atoms with Crippen LogP contribution in [0.25, 0.3) is 0 Å². The average molecular weight is 367 g/mol. The number of carbonyl (C=O) groups excluding carboxylic acids is 1. The average Bonchev–Trinajstić information content (AvgIpc) is 2.70. The molecule has 0 saturated carbocycles. The van der Waals surface area contributed by atoms with Crippen molar-refractivity contribution in [3.8, 4) is 0 Å². The zero-order valence-corrected chi connectivity index (χ0v) is 13.9. The second kappa shape index (κ2) is 5.51. The van der Waals surface area contributed by atoms with Gasteiger partial charge in [-0.2, -0.15) is 4.31 Å². The summed E-state index contributed by atoms with van der Waals surface area (Å²) in [5.41, 5.74) is 0.887. The Kier molecular flexibility index (Phi) is 4.34. The minimum Gasteiger partial charge on any atom is -0.353 e. The number of thiophene rings is 1. The number of carbonyl (C=O) groups is 1. The van der Waals surface area contributed by atoms with Crippen molar-refractivity contribution in [3.05, 3.63) is 15.4 Å². The Bertz CT molecular complexity index is 578. The minimum atomic E-state index is -3.60. The monoisotopic (exact) mass is 366 g/mol. The summed E-state index contributed by atoms with van der Waals surface area (Å²) in [4.78, 5) is 11.8. The van der Waals surface area contributed by atoms with Crippen molar-refractivity contribution in [2.45, 2.75) is 30.5 Å². The van der Waals surface area contributed by atoms with Crippen molar-refractivity contribution in [1.29, 1.82) is 0 Å². The molecule has 1 aromatic heterocycles. The summed E-state index contributed by atoms with van der Waals surface area (Å²) in [6, 6.07) is 1.03. The molecular formula is C11H15BrN2O3S2.